The van der Waals surface area contributed by atoms with Crippen molar-refractivity contribution in [2.24, 2.45) is 5.92 Å². The zero-order chi connectivity index (χ0) is 10.2. The number of carbonyl (C=O) groups excluding carboxylic acids is 1. The number of hydrogen-bond donors (Lipinski definition) is 0. The summed E-state index contributed by atoms with van der Waals surface area (Å²) in [6.45, 7) is 8.39. The molecule has 0 amide bonds. The second-order valence-corrected chi connectivity index (χ2v) is 5.03. The minimum Gasteiger partial charge on any atom is -0.298 e. The second kappa shape index (κ2) is 3.41. The maximum atomic E-state index is 11.8. The predicted molar refractivity (Wildman–Crippen MR) is 54.7 cm³/mol. The molecule has 0 bridgehead atoms. The number of Topliss-reactive ketones (excluding diaryl/α,β-unsaturated/α-hetero) is 1. The lowest BCUT2D eigenvalue weighted by Gasteiger charge is -2.31. The van der Waals surface area contributed by atoms with Crippen molar-refractivity contribution in [2.45, 2.75) is 52.1 Å². The van der Waals surface area contributed by atoms with Crippen molar-refractivity contribution < 1.29 is 4.79 Å². The molecule has 1 fully saturated rings. The van der Waals surface area contributed by atoms with E-state index in [1.54, 1.807) is 0 Å². The lowest BCUT2D eigenvalue weighted by Crippen LogP contribution is -2.44. The van der Waals surface area contributed by atoms with Crippen LogP contribution in [-0.4, -0.2) is 29.3 Å². The molecule has 1 rings (SSSR count). The van der Waals surface area contributed by atoms with Gasteiger partial charge in [0.2, 0.25) is 0 Å². The SMILES string of the molecule is CC(C)C(=O)C1CCC(C)(C)N1C. The first-order valence-electron chi connectivity index (χ1n) is 5.13. The van der Waals surface area contributed by atoms with E-state index < -0.39 is 0 Å². The molecule has 2 heteroatoms. The number of ketones is 1. The normalized spacial score (nSPS) is 28.3. The minimum atomic E-state index is 0.162. The van der Waals surface area contributed by atoms with Gasteiger partial charge in [-0.1, -0.05) is 13.8 Å². The summed E-state index contributed by atoms with van der Waals surface area (Å²) in [5.41, 5.74) is 0.204. The Balaban J connectivity index is 2.71. The molecule has 1 saturated heterocycles. The van der Waals surface area contributed by atoms with Gasteiger partial charge in [0.15, 0.2) is 5.78 Å². The van der Waals surface area contributed by atoms with Gasteiger partial charge in [0.05, 0.1) is 6.04 Å². The molecule has 0 N–H and O–H groups in total. The van der Waals surface area contributed by atoms with Crippen molar-refractivity contribution in [2.75, 3.05) is 7.05 Å². The Morgan fingerprint density at radius 1 is 1.46 bits per heavy atom. The predicted octanol–water partition coefficient (Wildman–Crippen LogP) is 2.08. The number of hydrogen-bond acceptors (Lipinski definition) is 2. The molecular formula is C11H21NO. The largest absolute Gasteiger partial charge is 0.298 e. The Morgan fingerprint density at radius 2 is 2.00 bits per heavy atom. The summed E-state index contributed by atoms with van der Waals surface area (Å²) in [4.78, 5) is 14.0. The van der Waals surface area contributed by atoms with Crippen LogP contribution in [0.1, 0.15) is 40.5 Å². The van der Waals surface area contributed by atoms with Gasteiger partial charge in [-0.15, -0.1) is 0 Å². The summed E-state index contributed by atoms with van der Waals surface area (Å²) in [6, 6.07) is 0.162. The Labute approximate surface area is 81.3 Å². The monoisotopic (exact) mass is 183 g/mol. The van der Waals surface area contributed by atoms with Crippen LogP contribution in [-0.2, 0) is 4.79 Å². The Hall–Kier alpha value is -0.370. The van der Waals surface area contributed by atoms with Crippen LogP contribution in [0.25, 0.3) is 0 Å². The van der Waals surface area contributed by atoms with Gasteiger partial charge in [-0.2, -0.15) is 0 Å². The van der Waals surface area contributed by atoms with Crippen molar-refractivity contribution in [1.82, 2.24) is 4.90 Å². The zero-order valence-electron chi connectivity index (χ0n) is 9.42. The van der Waals surface area contributed by atoms with Gasteiger partial charge in [-0.3, -0.25) is 9.69 Å². The highest BCUT2D eigenvalue weighted by molar-refractivity contribution is 5.86. The van der Waals surface area contributed by atoms with Crippen LogP contribution in [0.15, 0.2) is 0 Å². The molecule has 13 heavy (non-hydrogen) atoms. The average molecular weight is 183 g/mol. The van der Waals surface area contributed by atoms with Crippen LogP contribution in [0, 0.1) is 5.92 Å². The van der Waals surface area contributed by atoms with E-state index in [1.165, 1.54) is 0 Å². The third-order valence-corrected chi connectivity index (χ3v) is 3.35. The van der Waals surface area contributed by atoms with Crippen molar-refractivity contribution >= 4 is 5.78 Å². The van der Waals surface area contributed by atoms with E-state index in [0.717, 1.165) is 12.8 Å². The van der Waals surface area contributed by atoms with E-state index in [0.29, 0.717) is 5.78 Å². The summed E-state index contributed by atoms with van der Waals surface area (Å²) in [7, 11) is 2.07. The first-order valence-corrected chi connectivity index (χ1v) is 5.13. The fourth-order valence-electron chi connectivity index (χ4n) is 2.00. The van der Waals surface area contributed by atoms with Crippen molar-refractivity contribution in [3.05, 3.63) is 0 Å². The maximum Gasteiger partial charge on any atom is 0.152 e. The van der Waals surface area contributed by atoms with Crippen molar-refractivity contribution in [1.29, 1.82) is 0 Å². The molecule has 1 unspecified atom stereocenters. The highest BCUT2D eigenvalue weighted by Crippen LogP contribution is 2.32. The topological polar surface area (TPSA) is 20.3 Å². The van der Waals surface area contributed by atoms with E-state index >= 15 is 0 Å². The number of carbonyl (C=O) groups is 1. The van der Waals surface area contributed by atoms with E-state index in [4.69, 9.17) is 0 Å². The lowest BCUT2D eigenvalue weighted by molar-refractivity contribution is -0.126. The number of likely N-dealkylation sites (N-methyl/N-ethyl adjacent to an activating group) is 1. The summed E-state index contributed by atoms with van der Waals surface area (Å²) in [5, 5.41) is 0. The Kier molecular flexibility index (Phi) is 2.81. The molecule has 2 nitrogen and oxygen atoms in total. The molecule has 1 atom stereocenters. The van der Waals surface area contributed by atoms with Gasteiger partial charge < -0.3 is 0 Å². The summed E-state index contributed by atoms with van der Waals surface area (Å²) < 4.78 is 0. The van der Waals surface area contributed by atoms with Crippen LogP contribution in [0.5, 0.6) is 0 Å². The van der Waals surface area contributed by atoms with Gasteiger partial charge in [0, 0.05) is 11.5 Å². The molecular weight excluding hydrogens is 162 g/mol. The van der Waals surface area contributed by atoms with E-state index in [9.17, 15) is 4.79 Å². The molecule has 0 aliphatic carbocycles. The molecule has 0 aromatic heterocycles. The first-order chi connectivity index (χ1) is 5.86. The number of likely N-dealkylation sites (tertiary alicyclic amines) is 1. The zero-order valence-corrected chi connectivity index (χ0v) is 9.42. The third-order valence-electron chi connectivity index (χ3n) is 3.35. The Morgan fingerprint density at radius 3 is 2.31 bits per heavy atom. The molecule has 76 valence electrons. The lowest BCUT2D eigenvalue weighted by atomic mass is 10.00. The smallest absolute Gasteiger partial charge is 0.152 e. The molecule has 0 radical (unpaired) electrons. The molecule has 1 aliphatic rings. The quantitative estimate of drug-likeness (QED) is 0.653. The van der Waals surface area contributed by atoms with Crippen LogP contribution < -0.4 is 0 Å². The van der Waals surface area contributed by atoms with E-state index in [2.05, 4.69) is 25.8 Å². The standard InChI is InChI=1S/C11H21NO/c1-8(2)10(13)9-6-7-11(3,4)12(9)5/h8-9H,6-7H2,1-5H3. The van der Waals surface area contributed by atoms with Crippen LogP contribution in [0.2, 0.25) is 0 Å². The van der Waals surface area contributed by atoms with E-state index in [1.807, 2.05) is 13.8 Å². The van der Waals surface area contributed by atoms with Gasteiger partial charge >= 0.3 is 0 Å². The van der Waals surface area contributed by atoms with Gasteiger partial charge in [-0.25, -0.2) is 0 Å². The summed E-state index contributed by atoms with van der Waals surface area (Å²) in [5.74, 6) is 0.564. The van der Waals surface area contributed by atoms with Crippen LogP contribution in [0.3, 0.4) is 0 Å². The number of nitrogens with zero attached hydrogens (tertiary/aromatic N) is 1. The first kappa shape index (κ1) is 10.7. The molecule has 0 aromatic carbocycles. The van der Waals surface area contributed by atoms with E-state index in [-0.39, 0.29) is 17.5 Å². The molecule has 0 saturated carbocycles. The maximum absolute atomic E-state index is 11.8. The fourth-order valence-corrected chi connectivity index (χ4v) is 2.00. The number of rotatable bonds is 2. The van der Waals surface area contributed by atoms with Crippen molar-refractivity contribution in [3.8, 4) is 0 Å². The van der Waals surface area contributed by atoms with Gasteiger partial charge in [0.25, 0.3) is 0 Å². The van der Waals surface area contributed by atoms with Gasteiger partial charge in [0.1, 0.15) is 0 Å². The van der Waals surface area contributed by atoms with Crippen LogP contribution >= 0.6 is 0 Å². The highest BCUT2D eigenvalue weighted by Gasteiger charge is 2.40. The summed E-state index contributed by atoms with van der Waals surface area (Å²) >= 11 is 0. The van der Waals surface area contributed by atoms with Crippen molar-refractivity contribution in [3.63, 3.8) is 0 Å². The van der Waals surface area contributed by atoms with Crippen LogP contribution in [0.4, 0.5) is 0 Å². The molecule has 1 heterocycles. The third kappa shape index (κ3) is 1.93. The Bertz CT molecular complexity index is 208. The highest BCUT2D eigenvalue weighted by atomic mass is 16.1. The second-order valence-electron chi connectivity index (χ2n) is 5.03. The molecule has 0 aromatic rings. The fraction of sp³-hybridized carbons (Fsp3) is 0.909. The summed E-state index contributed by atoms with van der Waals surface area (Å²) in [6.07, 6.45) is 2.16. The minimum absolute atomic E-state index is 0.162. The molecule has 1 aliphatic heterocycles. The average Bonchev–Trinajstić information content (AvgIpc) is 2.27. The molecule has 0 spiro atoms. The van der Waals surface area contributed by atoms with Gasteiger partial charge in [-0.05, 0) is 33.7 Å².